The zero-order valence-electron chi connectivity index (χ0n) is 6.15. The Balaban J connectivity index is 2.64. The topological polar surface area (TPSA) is 26.0 Å². The summed E-state index contributed by atoms with van der Waals surface area (Å²) in [5, 5.41) is 0. The van der Waals surface area contributed by atoms with E-state index in [4.69, 9.17) is 5.73 Å². The maximum Gasteiger partial charge on any atom is 0.281 e. The van der Waals surface area contributed by atoms with E-state index in [1.165, 1.54) is 0 Å². The Kier molecular flexibility index (Phi) is 2.90. The second-order valence-electron chi connectivity index (χ2n) is 2.46. The lowest BCUT2D eigenvalue weighted by Gasteiger charge is -2.20. The molecule has 1 rings (SSSR count). The minimum absolute atomic E-state index is 0.221. The first-order valence-electron chi connectivity index (χ1n) is 3.52. The van der Waals surface area contributed by atoms with Crippen LogP contribution in [0.25, 0.3) is 0 Å². The van der Waals surface area contributed by atoms with Crippen molar-refractivity contribution in [3.05, 3.63) is 11.6 Å². The van der Waals surface area contributed by atoms with Gasteiger partial charge in [0.1, 0.15) is 0 Å². The molecule has 11 heavy (non-hydrogen) atoms. The van der Waals surface area contributed by atoms with Gasteiger partial charge in [0.2, 0.25) is 0 Å². The molecule has 2 N–H and O–H groups in total. The maximum atomic E-state index is 12.8. The van der Waals surface area contributed by atoms with Gasteiger partial charge in [-0.05, 0) is 17.7 Å². The van der Waals surface area contributed by atoms with Crippen molar-refractivity contribution in [2.45, 2.75) is 12.3 Å². The predicted octanol–water partition coefficient (Wildman–Crippen LogP) is 1.64. The molecule has 1 aliphatic rings. The minimum Gasteiger partial charge on any atom is -0.325 e. The van der Waals surface area contributed by atoms with Crippen LogP contribution in [0.4, 0.5) is 8.78 Å². The maximum absolute atomic E-state index is 12.8. The van der Waals surface area contributed by atoms with E-state index in [-0.39, 0.29) is 5.57 Å². The summed E-state index contributed by atoms with van der Waals surface area (Å²) in [6.45, 7) is -0.566. The molecule has 1 aliphatic heterocycles. The molecule has 4 heteroatoms. The molecule has 0 aromatic heterocycles. The van der Waals surface area contributed by atoms with Gasteiger partial charge in [0, 0.05) is 5.75 Å². The molecule has 64 valence electrons. The highest BCUT2D eigenvalue weighted by molar-refractivity contribution is 7.99. The van der Waals surface area contributed by atoms with Gasteiger partial charge in [-0.2, -0.15) is 11.8 Å². The lowest BCUT2D eigenvalue weighted by atomic mass is 10.1. The third-order valence-electron chi connectivity index (χ3n) is 1.69. The quantitative estimate of drug-likeness (QED) is 0.652. The molecule has 0 amide bonds. The Bertz CT molecular complexity index is 168. The summed E-state index contributed by atoms with van der Waals surface area (Å²) in [5.41, 5.74) is 5.16. The molecule has 0 saturated carbocycles. The number of alkyl halides is 2. The first-order valence-corrected chi connectivity index (χ1v) is 4.67. The molecule has 0 fully saturated rings. The normalized spacial score (nSPS) is 19.7. The van der Waals surface area contributed by atoms with Gasteiger partial charge in [-0.25, -0.2) is 8.78 Å². The molecular weight excluding hydrogens is 168 g/mol. The van der Waals surface area contributed by atoms with Crippen LogP contribution in [0.3, 0.4) is 0 Å². The fraction of sp³-hybridized carbons (Fsp3) is 0.714. The van der Waals surface area contributed by atoms with Crippen LogP contribution in [0.2, 0.25) is 0 Å². The monoisotopic (exact) mass is 179 g/mol. The standard InChI is InChI=1S/C7H11F2NS/c8-7(9,5-10)6-1-3-11-4-2-6/h1H,2-5,10H2. The molecule has 0 aliphatic carbocycles. The number of thioether (sulfide) groups is 1. The van der Waals surface area contributed by atoms with E-state index in [0.29, 0.717) is 12.2 Å². The zero-order valence-corrected chi connectivity index (χ0v) is 6.96. The molecule has 0 unspecified atom stereocenters. The molecule has 1 nitrogen and oxygen atoms in total. The average Bonchev–Trinajstić information content (AvgIpc) is 2.06. The molecule has 0 aromatic rings. The molecule has 0 spiro atoms. The third kappa shape index (κ3) is 2.17. The first-order chi connectivity index (χ1) is 5.17. The van der Waals surface area contributed by atoms with E-state index in [2.05, 4.69) is 0 Å². The first kappa shape index (κ1) is 9.00. The van der Waals surface area contributed by atoms with Gasteiger partial charge in [-0.1, -0.05) is 6.08 Å². The number of nitrogens with two attached hydrogens (primary N) is 1. The van der Waals surface area contributed by atoms with Gasteiger partial charge in [0.25, 0.3) is 5.92 Å². The molecule has 0 aromatic carbocycles. The van der Waals surface area contributed by atoms with Crippen molar-refractivity contribution in [1.29, 1.82) is 0 Å². The Morgan fingerprint density at radius 2 is 2.36 bits per heavy atom. The van der Waals surface area contributed by atoms with Crippen molar-refractivity contribution < 1.29 is 8.78 Å². The van der Waals surface area contributed by atoms with Gasteiger partial charge in [0.15, 0.2) is 0 Å². The van der Waals surface area contributed by atoms with Crippen molar-refractivity contribution in [2.24, 2.45) is 5.73 Å². The number of halogens is 2. The predicted molar refractivity (Wildman–Crippen MR) is 44.0 cm³/mol. The van der Waals surface area contributed by atoms with E-state index >= 15 is 0 Å². The Labute approximate surface area is 69.0 Å². The lowest BCUT2D eigenvalue weighted by molar-refractivity contribution is 0.0484. The summed E-state index contributed by atoms with van der Waals surface area (Å²) in [6, 6.07) is 0. The zero-order chi connectivity index (χ0) is 8.32. The van der Waals surface area contributed by atoms with E-state index < -0.39 is 12.5 Å². The van der Waals surface area contributed by atoms with E-state index in [1.807, 2.05) is 0 Å². The van der Waals surface area contributed by atoms with Gasteiger partial charge < -0.3 is 5.73 Å². The highest BCUT2D eigenvalue weighted by atomic mass is 32.2. The summed E-state index contributed by atoms with van der Waals surface area (Å²) in [5.74, 6) is -1.27. The molecule has 0 atom stereocenters. The third-order valence-corrected chi connectivity index (χ3v) is 2.58. The highest BCUT2D eigenvalue weighted by Gasteiger charge is 2.32. The summed E-state index contributed by atoms with van der Waals surface area (Å²) in [4.78, 5) is 0. The summed E-state index contributed by atoms with van der Waals surface area (Å²) in [7, 11) is 0. The second kappa shape index (κ2) is 3.54. The van der Waals surface area contributed by atoms with Crippen molar-refractivity contribution in [2.75, 3.05) is 18.1 Å². The lowest BCUT2D eigenvalue weighted by Crippen LogP contribution is -2.31. The molecule has 1 heterocycles. The van der Waals surface area contributed by atoms with Gasteiger partial charge in [0.05, 0.1) is 6.54 Å². The van der Waals surface area contributed by atoms with Gasteiger partial charge in [-0.15, -0.1) is 0 Å². The summed E-state index contributed by atoms with van der Waals surface area (Å²) in [6.07, 6.45) is 2.08. The highest BCUT2D eigenvalue weighted by Crippen LogP contribution is 2.30. The molecule has 0 saturated heterocycles. The van der Waals surface area contributed by atoms with Gasteiger partial charge >= 0.3 is 0 Å². The van der Waals surface area contributed by atoms with Gasteiger partial charge in [-0.3, -0.25) is 0 Å². The van der Waals surface area contributed by atoms with Crippen molar-refractivity contribution >= 4 is 11.8 Å². The second-order valence-corrected chi connectivity index (χ2v) is 3.61. The van der Waals surface area contributed by atoms with Crippen LogP contribution >= 0.6 is 11.8 Å². The SMILES string of the molecule is NCC(F)(F)C1=CCSCC1. The molecule has 0 radical (unpaired) electrons. The van der Waals surface area contributed by atoms with Crippen molar-refractivity contribution in [3.63, 3.8) is 0 Å². The minimum atomic E-state index is -2.76. The van der Waals surface area contributed by atoms with Crippen LogP contribution < -0.4 is 5.73 Å². The van der Waals surface area contributed by atoms with Crippen LogP contribution in [-0.2, 0) is 0 Å². The fourth-order valence-electron chi connectivity index (χ4n) is 0.990. The molecule has 0 bridgehead atoms. The van der Waals surface area contributed by atoms with E-state index in [9.17, 15) is 8.78 Å². The summed E-state index contributed by atoms with van der Waals surface area (Å²) < 4.78 is 25.7. The largest absolute Gasteiger partial charge is 0.325 e. The Morgan fingerprint density at radius 3 is 2.82 bits per heavy atom. The number of hydrogen-bond donors (Lipinski definition) is 1. The van der Waals surface area contributed by atoms with Crippen molar-refractivity contribution in [1.82, 2.24) is 0 Å². The van der Waals surface area contributed by atoms with Crippen LogP contribution in [0.15, 0.2) is 11.6 Å². The van der Waals surface area contributed by atoms with Crippen LogP contribution in [0.1, 0.15) is 6.42 Å². The van der Waals surface area contributed by atoms with E-state index in [1.54, 1.807) is 17.8 Å². The fourth-order valence-corrected chi connectivity index (χ4v) is 1.84. The Morgan fingerprint density at radius 1 is 1.64 bits per heavy atom. The van der Waals surface area contributed by atoms with Crippen LogP contribution in [0.5, 0.6) is 0 Å². The smallest absolute Gasteiger partial charge is 0.281 e. The van der Waals surface area contributed by atoms with Crippen LogP contribution in [0, 0.1) is 0 Å². The average molecular weight is 179 g/mol. The molecular formula is C7H11F2NS. The Hall–Kier alpha value is -0.0900. The summed E-state index contributed by atoms with van der Waals surface area (Å²) >= 11 is 1.67. The number of rotatable bonds is 2. The number of hydrogen-bond acceptors (Lipinski definition) is 2. The van der Waals surface area contributed by atoms with Crippen LogP contribution in [-0.4, -0.2) is 24.0 Å². The van der Waals surface area contributed by atoms with E-state index in [0.717, 1.165) is 5.75 Å². The van der Waals surface area contributed by atoms with Crippen molar-refractivity contribution in [3.8, 4) is 0 Å².